The van der Waals surface area contributed by atoms with Gasteiger partial charge in [0.1, 0.15) is 0 Å². The Balaban J connectivity index is 1.95. The van der Waals surface area contributed by atoms with Crippen molar-refractivity contribution in [2.24, 2.45) is 0 Å². The van der Waals surface area contributed by atoms with Crippen LogP contribution in [0.5, 0.6) is 0 Å². The molecule has 1 fully saturated rings. The molecule has 0 aliphatic carbocycles. The highest BCUT2D eigenvalue weighted by atomic mass is 35.5. The van der Waals surface area contributed by atoms with Crippen molar-refractivity contribution in [2.75, 3.05) is 6.54 Å². The summed E-state index contributed by atoms with van der Waals surface area (Å²) in [6, 6.07) is 5.21. The van der Waals surface area contributed by atoms with Crippen LogP contribution in [-0.4, -0.2) is 37.3 Å². The number of benzene rings is 1. The third-order valence-electron chi connectivity index (χ3n) is 6.11. The van der Waals surface area contributed by atoms with Crippen LogP contribution in [0.2, 0.25) is 28.2 Å². The zero-order chi connectivity index (χ0) is 20.9. The predicted molar refractivity (Wildman–Crippen MR) is 119 cm³/mol. The van der Waals surface area contributed by atoms with Crippen LogP contribution < -0.4 is 0 Å². The minimum atomic E-state index is -1.93. The highest BCUT2D eigenvalue weighted by molar-refractivity contribution is 6.74. The molecular formula is C22H27Cl2NO2Si. The van der Waals surface area contributed by atoms with Gasteiger partial charge in [0.2, 0.25) is 0 Å². The van der Waals surface area contributed by atoms with Gasteiger partial charge in [-0.1, -0.05) is 50.6 Å². The van der Waals surface area contributed by atoms with Crippen molar-refractivity contribution in [3.05, 3.63) is 58.3 Å². The maximum Gasteiger partial charge on any atom is 0.255 e. The number of hydrogen-bond donors (Lipinski definition) is 0. The quantitative estimate of drug-likeness (QED) is 0.422. The van der Waals surface area contributed by atoms with Crippen molar-refractivity contribution in [3.8, 4) is 0 Å². The van der Waals surface area contributed by atoms with E-state index in [0.717, 1.165) is 5.56 Å². The molecule has 1 aromatic rings. The van der Waals surface area contributed by atoms with Crippen molar-refractivity contribution in [1.82, 2.24) is 4.90 Å². The molecule has 150 valence electrons. The van der Waals surface area contributed by atoms with E-state index in [4.69, 9.17) is 27.6 Å². The first-order chi connectivity index (χ1) is 12.9. The van der Waals surface area contributed by atoms with E-state index >= 15 is 0 Å². The standard InChI is InChI=1S/C22H27Cl2NO2Si/c1-7-8-22-12-18(27-28(5,6)21(2,3)4)14-25(22)20(26)19(13-22)15-9-16(23)11-17(24)10-15/h8-11,13,18H,1,12,14H2,2-6H3. The van der Waals surface area contributed by atoms with Gasteiger partial charge >= 0.3 is 0 Å². The highest BCUT2D eigenvalue weighted by Crippen LogP contribution is 2.46. The van der Waals surface area contributed by atoms with Gasteiger partial charge in [0, 0.05) is 28.6 Å². The number of amides is 1. The molecule has 1 saturated heterocycles. The van der Waals surface area contributed by atoms with E-state index in [2.05, 4.69) is 46.2 Å². The molecular weight excluding hydrogens is 409 g/mol. The van der Waals surface area contributed by atoms with Crippen LogP contribution >= 0.6 is 23.2 Å². The van der Waals surface area contributed by atoms with Gasteiger partial charge in [0.05, 0.1) is 11.6 Å². The summed E-state index contributed by atoms with van der Waals surface area (Å²) < 4.78 is 6.60. The number of carbonyl (C=O) groups is 1. The first-order valence-electron chi connectivity index (χ1n) is 9.45. The first-order valence-corrected chi connectivity index (χ1v) is 13.1. The minimum absolute atomic E-state index is 0.00445. The van der Waals surface area contributed by atoms with Crippen LogP contribution in [0, 0.1) is 0 Å². The smallest absolute Gasteiger partial charge is 0.255 e. The van der Waals surface area contributed by atoms with Crippen LogP contribution in [0.25, 0.3) is 5.57 Å². The average Bonchev–Trinajstić information content (AvgIpc) is 2.99. The van der Waals surface area contributed by atoms with Gasteiger partial charge in [0.15, 0.2) is 8.32 Å². The number of carbonyl (C=O) groups excluding carboxylic acids is 1. The molecule has 1 amide bonds. The van der Waals surface area contributed by atoms with Gasteiger partial charge in [-0.25, -0.2) is 0 Å². The van der Waals surface area contributed by atoms with Crippen LogP contribution in [0.4, 0.5) is 0 Å². The summed E-state index contributed by atoms with van der Waals surface area (Å²) in [5.41, 5.74) is 3.68. The topological polar surface area (TPSA) is 29.5 Å². The van der Waals surface area contributed by atoms with E-state index in [9.17, 15) is 4.79 Å². The lowest BCUT2D eigenvalue weighted by atomic mass is 9.94. The zero-order valence-electron chi connectivity index (χ0n) is 17.1. The lowest BCUT2D eigenvalue weighted by Gasteiger charge is -2.38. The Labute approximate surface area is 178 Å². The maximum absolute atomic E-state index is 13.3. The number of rotatable bonds is 4. The molecule has 1 aromatic carbocycles. The van der Waals surface area contributed by atoms with Gasteiger partial charge in [-0.2, -0.15) is 0 Å². The van der Waals surface area contributed by atoms with Crippen LogP contribution in [0.3, 0.4) is 0 Å². The Morgan fingerprint density at radius 2 is 1.89 bits per heavy atom. The molecule has 6 heteroatoms. The molecule has 0 N–H and O–H groups in total. The molecule has 0 saturated carbocycles. The summed E-state index contributed by atoms with van der Waals surface area (Å²) in [7, 11) is -1.93. The average molecular weight is 436 g/mol. The second-order valence-corrected chi connectivity index (χ2v) is 14.8. The minimum Gasteiger partial charge on any atom is -0.412 e. The van der Waals surface area contributed by atoms with Crippen molar-refractivity contribution >= 4 is 43.0 Å². The van der Waals surface area contributed by atoms with Crippen molar-refractivity contribution in [2.45, 2.75) is 57.0 Å². The van der Waals surface area contributed by atoms with E-state index in [1.807, 2.05) is 17.1 Å². The lowest BCUT2D eigenvalue weighted by Crippen LogP contribution is -2.44. The second kappa shape index (κ2) is 7.19. The van der Waals surface area contributed by atoms with Gasteiger partial charge in [-0.05, 0) is 54.0 Å². The Kier molecular flexibility index (Phi) is 5.50. The number of halogens is 2. The lowest BCUT2D eigenvalue weighted by molar-refractivity contribution is -0.125. The summed E-state index contributed by atoms with van der Waals surface area (Å²) in [5.74, 6) is -0.0360. The Hall–Kier alpha value is -1.29. The SMILES string of the molecule is C=C=CC12C=C(c3cc(Cl)cc(Cl)c3)C(=O)N1CC(O[Si](C)(C)C(C)(C)C)C2. The number of fused-ring (bicyclic) bond motifs is 1. The molecule has 0 bridgehead atoms. The maximum atomic E-state index is 13.3. The van der Waals surface area contributed by atoms with Gasteiger partial charge in [-0.3, -0.25) is 4.79 Å². The predicted octanol–water partition coefficient (Wildman–Crippen LogP) is 6.09. The fraction of sp³-hybridized carbons (Fsp3) is 0.455. The normalized spacial score (nSPS) is 24.8. The summed E-state index contributed by atoms with van der Waals surface area (Å²) in [6.07, 6.45) is 4.56. The van der Waals surface area contributed by atoms with Crippen molar-refractivity contribution in [1.29, 1.82) is 0 Å². The molecule has 2 aliphatic rings. The molecule has 28 heavy (non-hydrogen) atoms. The Bertz CT molecular complexity index is 876. The largest absolute Gasteiger partial charge is 0.412 e. The molecule has 3 rings (SSSR count). The Morgan fingerprint density at radius 3 is 2.43 bits per heavy atom. The van der Waals surface area contributed by atoms with Crippen molar-refractivity contribution in [3.63, 3.8) is 0 Å². The molecule has 0 aromatic heterocycles. The van der Waals surface area contributed by atoms with Crippen LogP contribution in [0.1, 0.15) is 32.8 Å². The summed E-state index contributed by atoms with van der Waals surface area (Å²) in [5, 5.41) is 1.13. The molecule has 2 unspecified atom stereocenters. The first kappa shape index (κ1) is 21.4. The van der Waals surface area contributed by atoms with Crippen LogP contribution in [-0.2, 0) is 9.22 Å². The summed E-state index contributed by atoms with van der Waals surface area (Å²) in [6.45, 7) is 15.4. The molecule has 0 radical (unpaired) electrons. The van der Waals surface area contributed by atoms with Crippen LogP contribution in [0.15, 0.2) is 42.7 Å². The number of hydrogen-bond acceptors (Lipinski definition) is 2. The fourth-order valence-electron chi connectivity index (χ4n) is 3.72. The van der Waals surface area contributed by atoms with E-state index in [0.29, 0.717) is 28.6 Å². The summed E-state index contributed by atoms with van der Waals surface area (Å²) in [4.78, 5) is 15.1. The van der Waals surface area contributed by atoms with E-state index in [1.165, 1.54) is 0 Å². The van der Waals surface area contributed by atoms with Gasteiger partial charge in [0.25, 0.3) is 5.91 Å². The molecule has 0 spiro atoms. The van der Waals surface area contributed by atoms with Gasteiger partial charge in [-0.15, -0.1) is 5.73 Å². The molecule has 3 nitrogen and oxygen atoms in total. The fourth-order valence-corrected chi connectivity index (χ4v) is 5.59. The molecule has 2 heterocycles. The Morgan fingerprint density at radius 1 is 1.29 bits per heavy atom. The molecule has 2 atom stereocenters. The molecule has 2 aliphatic heterocycles. The van der Waals surface area contributed by atoms with E-state index in [1.54, 1.807) is 18.2 Å². The zero-order valence-corrected chi connectivity index (χ0v) is 19.6. The van der Waals surface area contributed by atoms with E-state index < -0.39 is 13.9 Å². The van der Waals surface area contributed by atoms with Crippen molar-refractivity contribution < 1.29 is 9.22 Å². The highest BCUT2D eigenvalue weighted by Gasteiger charge is 2.53. The monoisotopic (exact) mass is 435 g/mol. The van der Waals surface area contributed by atoms with E-state index in [-0.39, 0.29) is 17.0 Å². The second-order valence-electron chi connectivity index (χ2n) is 9.18. The third kappa shape index (κ3) is 3.77. The third-order valence-corrected chi connectivity index (χ3v) is 11.1. The number of nitrogens with zero attached hydrogens (tertiary/aromatic N) is 1. The summed E-state index contributed by atoms with van der Waals surface area (Å²) >= 11 is 12.3. The van der Waals surface area contributed by atoms with Gasteiger partial charge < -0.3 is 9.33 Å².